The van der Waals surface area contributed by atoms with Crippen molar-refractivity contribution < 1.29 is 27.5 Å². The minimum absolute atomic E-state index is 0.0186. The predicted molar refractivity (Wildman–Crippen MR) is 169 cm³/mol. The fourth-order valence-electron chi connectivity index (χ4n) is 4.45. The largest absolute Gasteiger partial charge is 0.488 e. The number of nitrogens with zero attached hydrogens (tertiary/aromatic N) is 1. The van der Waals surface area contributed by atoms with Crippen molar-refractivity contribution in [1.82, 2.24) is 10.2 Å². The van der Waals surface area contributed by atoms with E-state index in [0.29, 0.717) is 19.5 Å². The number of sulfone groups is 1. The maximum absolute atomic E-state index is 13.5. The molecule has 0 bridgehead atoms. The lowest BCUT2D eigenvalue weighted by molar-refractivity contribution is 0.0235. The summed E-state index contributed by atoms with van der Waals surface area (Å²) >= 11 is 0. The van der Waals surface area contributed by atoms with Crippen LogP contribution in [0.15, 0.2) is 113 Å². The first-order valence-electron chi connectivity index (χ1n) is 14.3. The molecule has 0 radical (unpaired) electrons. The number of amides is 2. The zero-order valence-electron chi connectivity index (χ0n) is 25.4. The van der Waals surface area contributed by atoms with Gasteiger partial charge >= 0.3 is 6.09 Å². The van der Waals surface area contributed by atoms with Gasteiger partial charge in [-0.1, -0.05) is 72.8 Å². The van der Waals surface area contributed by atoms with E-state index >= 15 is 0 Å². The zero-order valence-corrected chi connectivity index (χ0v) is 26.3. The van der Waals surface area contributed by atoms with Gasteiger partial charge < -0.3 is 19.7 Å². The minimum atomic E-state index is -3.93. The Morgan fingerprint density at radius 2 is 1.36 bits per heavy atom. The van der Waals surface area contributed by atoms with Gasteiger partial charge in [0.25, 0.3) is 5.91 Å². The summed E-state index contributed by atoms with van der Waals surface area (Å²) in [5.41, 5.74) is 2.25. The average Bonchev–Trinajstić information content (AvgIpc) is 3.02. The number of carbonyl (C=O) groups excluding carboxylic acids is 2. The quantitative estimate of drug-likeness (QED) is 0.209. The second-order valence-corrected chi connectivity index (χ2v) is 13.2. The van der Waals surface area contributed by atoms with E-state index in [1.165, 1.54) is 25.2 Å². The SMILES string of the molecule is CNC(=O)c1cc(S(=O)(=O)c2ccc(CCN(Cc3ccccc3)C(=O)OC(C)(C)C)cc2)ccc1OCc1ccccc1. The van der Waals surface area contributed by atoms with Crippen molar-refractivity contribution in [2.45, 2.75) is 55.7 Å². The molecule has 9 heteroatoms. The smallest absolute Gasteiger partial charge is 0.410 e. The Labute approximate surface area is 259 Å². The minimum Gasteiger partial charge on any atom is -0.488 e. The third-order valence-corrected chi connectivity index (χ3v) is 8.51. The van der Waals surface area contributed by atoms with Crippen LogP contribution < -0.4 is 10.1 Å². The summed E-state index contributed by atoms with van der Waals surface area (Å²) < 4.78 is 38.6. The molecule has 0 unspecified atom stereocenters. The highest BCUT2D eigenvalue weighted by Gasteiger charge is 2.24. The van der Waals surface area contributed by atoms with Crippen LogP contribution in [-0.2, 0) is 34.1 Å². The van der Waals surface area contributed by atoms with Crippen molar-refractivity contribution in [3.8, 4) is 5.75 Å². The van der Waals surface area contributed by atoms with Crippen LogP contribution in [-0.4, -0.2) is 44.5 Å². The molecule has 4 aromatic carbocycles. The van der Waals surface area contributed by atoms with E-state index in [1.54, 1.807) is 29.2 Å². The molecule has 1 N–H and O–H groups in total. The first-order chi connectivity index (χ1) is 21.0. The number of hydrogen-bond donors (Lipinski definition) is 1. The van der Waals surface area contributed by atoms with Gasteiger partial charge in [-0.25, -0.2) is 13.2 Å². The summed E-state index contributed by atoms with van der Waals surface area (Å²) in [7, 11) is -2.45. The highest BCUT2D eigenvalue weighted by atomic mass is 32.2. The van der Waals surface area contributed by atoms with Gasteiger partial charge in [0, 0.05) is 20.1 Å². The summed E-state index contributed by atoms with van der Waals surface area (Å²) in [4.78, 5) is 27.3. The van der Waals surface area contributed by atoms with E-state index in [2.05, 4.69) is 5.32 Å². The molecule has 0 aliphatic rings. The molecule has 230 valence electrons. The van der Waals surface area contributed by atoms with Crippen LogP contribution in [0.3, 0.4) is 0 Å². The third-order valence-electron chi connectivity index (χ3n) is 6.74. The molecule has 0 saturated heterocycles. The molecular weight excluding hydrogens is 576 g/mol. The van der Waals surface area contributed by atoms with Crippen molar-refractivity contribution in [2.75, 3.05) is 13.6 Å². The number of hydrogen-bond acceptors (Lipinski definition) is 6. The van der Waals surface area contributed by atoms with Crippen molar-refractivity contribution >= 4 is 21.8 Å². The molecule has 0 aliphatic heterocycles. The fourth-order valence-corrected chi connectivity index (χ4v) is 5.74. The lowest BCUT2D eigenvalue weighted by Gasteiger charge is -2.27. The lowest BCUT2D eigenvalue weighted by Crippen LogP contribution is -2.37. The number of nitrogens with one attached hydrogen (secondary N) is 1. The lowest BCUT2D eigenvalue weighted by atomic mass is 10.1. The van der Waals surface area contributed by atoms with Crippen LogP contribution in [0, 0.1) is 0 Å². The normalized spacial score (nSPS) is 11.5. The second kappa shape index (κ2) is 14.2. The molecule has 0 aromatic heterocycles. The monoisotopic (exact) mass is 614 g/mol. The van der Waals surface area contributed by atoms with Crippen LogP contribution in [0.25, 0.3) is 0 Å². The van der Waals surface area contributed by atoms with Gasteiger partial charge in [0.2, 0.25) is 9.84 Å². The Balaban J connectivity index is 1.49. The molecule has 0 atom stereocenters. The summed E-state index contributed by atoms with van der Waals surface area (Å²) in [5, 5.41) is 2.55. The first-order valence-corrected chi connectivity index (χ1v) is 15.8. The van der Waals surface area contributed by atoms with Crippen molar-refractivity contribution in [2.24, 2.45) is 0 Å². The van der Waals surface area contributed by atoms with E-state index in [0.717, 1.165) is 16.7 Å². The van der Waals surface area contributed by atoms with E-state index in [9.17, 15) is 18.0 Å². The molecule has 0 aliphatic carbocycles. The number of carbonyl (C=O) groups is 2. The van der Waals surface area contributed by atoms with E-state index < -0.39 is 27.4 Å². The fraction of sp³-hybridized carbons (Fsp3) is 0.257. The summed E-state index contributed by atoms with van der Waals surface area (Å²) in [6.07, 6.45) is 0.0874. The Morgan fingerprint density at radius 3 is 1.95 bits per heavy atom. The molecule has 0 saturated carbocycles. The zero-order chi connectivity index (χ0) is 31.7. The molecule has 8 nitrogen and oxygen atoms in total. The van der Waals surface area contributed by atoms with Crippen LogP contribution >= 0.6 is 0 Å². The molecule has 2 amide bonds. The predicted octanol–water partition coefficient (Wildman–Crippen LogP) is 6.44. The average molecular weight is 615 g/mol. The van der Waals surface area contributed by atoms with Gasteiger partial charge in [0.05, 0.1) is 15.4 Å². The molecule has 44 heavy (non-hydrogen) atoms. The van der Waals surface area contributed by atoms with E-state index in [1.807, 2.05) is 81.4 Å². The summed E-state index contributed by atoms with van der Waals surface area (Å²) in [5.74, 6) is -0.168. The van der Waals surface area contributed by atoms with Gasteiger partial charge in [-0.15, -0.1) is 0 Å². The maximum atomic E-state index is 13.5. The standard InChI is InChI=1S/C35H38N2O6S/c1-35(2,3)43-34(39)37(24-27-11-7-5-8-12-27)22-21-26-15-17-29(18-16-26)44(40,41)30-19-20-32(31(23-30)33(38)36-4)42-25-28-13-9-6-10-14-28/h5-20,23H,21-22,24-25H2,1-4H3,(H,36,38). The molecular formula is C35H38N2O6S. The van der Waals surface area contributed by atoms with Crippen LogP contribution in [0.4, 0.5) is 4.79 Å². The van der Waals surface area contributed by atoms with Gasteiger partial charge in [0.1, 0.15) is 18.0 Å². The highest BCUT2D eigenvalue weighted by molar-refractivity contribution is 7.91. The highest BCUT2D eigenvalue weighted by Crippen LogP contribution is 2.28. The second-order valence-electron chi connectivity index (χ2n) is 11.3. The van der Waals surface area contributed by atoms with Crippen molar-refractivity contribution in [1.29, 1.82) is 0 Å². The van der Waals surface area contributed by atoms with Gasteiger partial charge in [0.15, 0.2) is 0 Å². The molecule has 0 spiro atoms. The molecule has 0 fully saturated rings. The molecule has 0 heterocycles. The van der Waals surface area contributed by atoms with Crippen LogP contribution in [0.5, 0.6) is 5.75 Å². The number of benzene rings is 4. The molecule has 4 rings (SSSR count). The van der Waals surface area contributed by atoms with Crippen LogP contribution in [0.2, 0.25) is 0 Å². The van der Waals surface area contributed by atoms with E-state index in [-0.39, 0.29) is 27.7 Å². The van der Waals surface area contributed by atoms with Gasteiger partial charge in [-0.2, -0.15) is 0 Å². The Kier molecular flexibility index (Phi) is 10.4. The Morgan fingerprint density at radius 1 is 0.773 bits per heavy atom. The third kappa shape index (κ3) is 8.70. The summed E-state index contributed by atoms with van der Waals surface area (Å²) in [6.45, 7) is 6.49. The topological polar surface area (TPSA) is 102 Å². The Bertz CT molecular complexity index is 1670. The summed E-state index contributed by atoms with van der Waals surface area (Å²) in [6, 6.07) is 30.0. The maximum Gasteiger partial charge on any atom is 0.410 e. The number of ether oxygens (including phenoxy) is 2. The van der Waals surface area contributed by atoms with E-state index in [4.69, 9.17) is 9.47 Å². The van der Waals surface area contributed by atoms with Crippen molar-refractivity contribution in [3.05, 3.63) is 125 Å². The molecule has 4 aromatic rings. The number of rotatable bonds is 11. The first kappa shape index (κ1) is 32.3. The van der Waals surface area contributed by atoms with Gasteiger partial charge in [-0.05, 0) is 74.2 Å². The Hall–Kier alpha value is -4.63. The van der Waals surface area contributed by atoms with Crippen molar-refractivity contribution in [3.63, 3.8) is 0 Å². The van der Waals surface area contributed by atoms with Gasteiger partial charge in [-0.3, -0.25) is 4.79 Å². The van der Waals surface area contributed by atoms with Crippen LogP contribution in [0.1, 0.15) is 47.8 Å².